The molecule has 0 unspecified atom stereocenters. The molecule has 0 aliphatic carbocycles. The van der Waals surface area contributed by atoms with Crippen molar-refractivity contribution >= 4 is 27.7 Å². The van der Waals surface area contributed by atoms with E-state index in [1.165, 1.54) is 6.07 Å². The van der Waals surface area contributed by atoms with Crippen LogP contribution in [0.2, 0.25) is 0 Å². The zero-order chi connectivity index (χ0) is 21.2. The highest BCUT2D eigenvalue weighted by atomic mass is 79.9. The van der Waals surface area contributed by atoms with E-state index in [1.54, 1.807) is 0 Å². The van der Waals surface area contributed by atoms with Crippen molar-refractivity contribution < 1.29 is 18.0 Å². The molecule has 2 heterocycles. The molecule has 1 amide bonds. The fourth-order valence-corrected chi connectivity index (χ4v) is 4.06. The Labute approximate surface area is 176 Å². The lowest BCUT2D eigenvalue weighted by Gasteiger charge is -2.40. The van der Waals surface area contributed by atoms with Crippen molar-refractivity contribution in [3.63, 3.8) is 0 Å². The molecular weight excluding hydrogens is 447 g/mol. The molecule has 2 atom stereocenters. The molecule has 156 valence electrons. The molecule has 1 aliphatic rings. The Morgan fingerprint density at radius 3 is 2.72 bits per heavy atom. The summed E-state index contributed by atoms with van der Waals surface area (Å²) in [5, 5.41) is 3.10. The van der Waals surface area contributed by atoms with Crippen LogP contribution in [0.5, 0.6) is 0 Å². The number of hydrogen-bond acceptors (Lipinski definition) is 3. The molecule has 1 aliphatic heterocycles. The molecule has 1 fully saturated rings. The third kappa shape index (κ3) is 5.10. The summed E-state index contributed by atoms with van der Waals surface area (Å²) in [6.45, 7) is 5.11. The number of aryl methyl sites for hydroxylation is 1. The van der Waals surface area contributed by atoms with Crippen molar-refractivity contribution in [1.82, 2.24) is 9.88 Å². The van der Waals surface area contributed by atoms with Crippen LogP contribution < -0.4 is 5.32 Å². The van der Waals surface area contributed by atoms with Gasteiger partial charge in [0, 0.05) is 23.8 Å². The molecule has 3 rings (SSSR count). The summed E-state index contributed by atoms with van der Waals surface area (Å²) >= 11 is 3.47. The first kappa shape index (κ1) is 21.6. The number of likely N-dealkylation sites (tertiary alicyclic amines) is 1. The standard InChI is InChI=1S/C21H23BrF3N3O/c1-13-5-7-17(22)16(10-13)20(29)28-9-3-4-14(2)18(28)12-27-19-8-6-15(11-26-19)21(23,24)25/h5-8,10-11,14,18H,3-4,9,12H2,1-2H3,(H,26,27)/t14-,18-/m0/s1. The molecule has 0 saturated carbocycles. The SMILES string of the molecule is Cc1ccc(Br)c(C(=O)N2CCC[C@H](C)[C@@H]2CNc2ccc(C(F)(F)F)cn2)c1. The van der Waals surface area contributed by atoms with Gasteiger partial charge in [-0.05, 0) is 65.9 Å². The average Bonchev–Trinajstić information content (AvgIpc) is 2.68. The Kier molecular flexibility index (Phi) is 6.51. The van der Waals surface area contributed by atoms with Crippen LogP contribution in [0.4, 0.5) is 19.0 Å². The van der Waals surface area contributed by atoms with Crippen LogP contribution >= 0.6 is 15.9 Å². The Bertz CT molecular complexity index is 870. The normalized spacial score (nSPS) is 19.9. The minimum absolute atomic E-state index is 0.0423. The smallest absolute Gasteiger partial charge is 0.368 e. The predicted molar refractivity (Wildman–Crippen MR) is 110 cm³/mol. The second-order valence-corrected chi connectivity index (χ2v) is 8.33. The average molecular weight is 470 g/mol. The van der Waals surface area contributed by atoms with E-state index in [0.29, 0.717) is 24.5 Å². The lowest BCUT2D eigenvalue weighted by molar-refractivity contribution is -0.137. The van der Waals surface area contributed by atoms with Gasteiger partial charge in [-0.1, -0.05) is 18.6 Å². The van der Waals surface area contributed by atoms with Gasteiger partial charge in [-0.15, -0.1) is 0 Å². The Balaban J connectivity index is 1.75. The van der Waals surface area contributed by atoms with Crippen molar-refractivity contribution in [3.8, 4) is 0 Å². The monoisotopic (exact) mass is 469 g/mol. The van der Waals surface area contributed by atoms with Crippen molar-refractivity contribution in [2.45, 2.75) is 38.9 Å². The molecule has 29 heavy (non-hydrogen) atoms. The number of nitrogens with one attached hydrogen (secondary N) is 1. The van der Waals surface area contributed by atoms with Crippen molar-refractivity contribution in [2.24, 2.45) is 5.92 Å². The fourth-order valence-electron chi connectivity index (χ4n) is 3.65. The van der Waals surface area contributed by atoms with Crippen LogP contribution in [0.25, 0.3) is 0 Å². The number of anilines is 1. The highest BCUT2D eigenvalue weighted by molar-refractivity contribution is 9.10. The van der Waals surface area contributed by atoms with Crippen LogP contribution in [0.1, 0.15) is 41.3 Å². The third-order valence-corrected chi connectivity index (χ3v) is 6.00. The summed E-state index contributed by atoms with van der Waals surface area (Å²) in [4.78, 5) is 19.0. The molecular formula is C21H23BrF3N3O. The molecule has 0 spiro atoms. The third-order valence-electron chi connectivity index (χ3n) is 5.31. The number of pyridine rings is 1. The summed E-state index contributed by atoms with van der Waals surface area (Å²) < 4.78 is 38.9. The molecule has 1 N–H and O–H groups in total. The minimum atomic E-state index is -4.41. The number of benzene rings is 1. The van der Waals surface area contributed by atoms with E-state index < -0.39 is 11.7 Å². The van der Waals surface area contributed by atoms with Gasteiger partial charge >= 0.3 is 6.18 Å². The van der Waals surface area contributed by atoms with Gasteiger partial charge in [0.05, 0.1) is 17.2 Å². The maximum absolute atomic E-state index is 13.2. The lowest BCUT2D eigenvalue weighted by atomic mass is 9.90. The molecule has 1 saturated heterocycles. The second kappa shape index (κ2) is 8.73. The number of piperidine rings is 1. The maximum Gasteiger partial charge on any atom is 0.417 e. The minimum Gasteiger partial charge on any atom is -0.368 e. The molecule has 4 nitrogen and oxygen atoms in total. The predicted octanol–water partition coefficient (Wildman–Crippen LogP) is 5.52. The second-order valence-electron chi connectivity index (χ2n) is 7.48. The number of halogens is 4. The summed E-state index contributed by atoms with van der Waals surface area (Å²) in [7, 11) is 0. The van der Waals surface area contributed by atoms with Gasteiger partial charge in [0.1, 0.15) is 5.82 Å². The highest BCUT2D eigenvalue weighted by Crippen LogP contribution is 2.30. The lowest BCUT2D eigenvalue weighted by Crippen LogP contribution is -2.51. The van der Waals surface area contributed by atoms with Crippen LogP contribution in [0, 0.1) is 12.8 Å². The van der Waals surface area contributed by atoms with Gasteiger partial charge in [0.15, 0.2) is 0 Å². The highest BCUT2D eigenvalue weighted by Gasteiger charge is 2.33. The van der Waals surface area contributed by atoms with Crippen LogP contribution in [-0.4, -0.2) is 34.9 Å². The number of carbonyl (C=O) groups is 1. The van der Waals surface area contributed by atoms with Gasteiger partial charge in [-0.3, -0.25) is 4.79 Å². The van der Waals surface area contributed by atoms with Gasteiger partial charge in [-0.25, -0.2) is 4.98 Å². The van der Waals surface area contributed by atoms with Crippen LogP contribution in [0.15, 0.2) is 41.0 Å². The van der Waals surface area contributed by atoms with Crippen molar-refractivity contribution in [1.29, 1.82) is 0 Å². The number of rotatable bonds is 4. The summed E-state index contributed by atoms with van der Waals surface area (Å²) in [6.07, 6.45) is -1.68. The van der Waals surface area contributed by atoms with E-state index in [0.717, 1.165) is 35.1 Å². The van der Waals surface area contributed by atoms with Crippen molar-refractivity contribution in [2.75, 3.05) is 18.4 Å². The molecule has 2 aromatic rings. The quantitative estimate of drug-likeness (QED) is 0.640. The van der Waals surface area contributed by atoms with E-state index in [-0.39, 0.29) is 17.9 Å². The Hall–Kier alpha value is -2.09. The van der Waals surface area contributed by atoms with E-state index in [1.807, 2.05) is 30.0 Å². The number of carbonyl (C=O) groups excluding carboxylic acids is 1. The fraction of sp³-hybridized carbons (Fsp3) is 0.429. The van der Waals surface area contributed by atoms with Gasteiger partial charge in [0.2, 0.25) is 0 Å². The zero-order valence-corrected chi connectivity index (χ0v) is 17.8. The molecule has 1 aromatic heterocycles. The maximum atomic E-state index is 13.2. The summed E-state index contributed by atoms with van der Waals surface area (Å²) in [6, 6.07) is 7.93. The van der Waals surface area contributed by atoms with Crippen molar-refractivity contribution in [3.05, 3.63) is 57.7 Å². The summed E-state index contributed by atoms with van der Waals surface area (Å²) in [5.74, 6) is 0.581. The van der Waals surface area contributed by atoms with E-state index in [9.17, 15) is 18.0 Å². The number of hydrogen-bond donors (Lipinski definition) is 1. The van der Waals surface area contributed by atoms with E-state index >= 15 is 0 Å². The van der Waals surface area contributed by atoms with Gasteiger partial charge < -0.3 is 10.2 Å². The van der Waals surface area contributed by atoms with E-state index in [4.69, 9.17) is 0 Å². The van der Waals surface area contributed by atoms with Gasteiger partial charge in [-0.2, -0.15) is 13.2 Å². The Morgan fingerprint density at radius 2 is 2.07 bits per heavy atom. The van der Waals surface area contributed by atoms with Gasteiger partial charge in [0.25, 0.3) is 5.91 Å². The molecule has 0 bridgehead atoms. The number of aromatic nitrogens is 1. The van der Waals surface area contributed by atoms with Crippen LogP contribution in [0.3, 0.4) is 0 Å². The topological polar surface area (TPSA) is 45.2 Å². The first-order valence-electron chi connectivity index (χ1n) is 9.51. The first-order valence-corrected chi connectivity index (χ1v) is 10.3. The number of nitrogens with zero attached hydrogens (tertiary/aromatic N) is 2. The molecule has 1 aromatic carbocycles. The molecule has 8 heteroatoms. The molecule has 0 radical (unpaired) electrons. The van der Waals surface area contributed by atoms with E-state index in [2.05, 4.69) is 33.2 Å². The zero-order valence-electron chi connectivity index (χ0n) is 16.3. The first-order chi connectivity index (χ1) is 13.7. The number of alkyl halides is 3. The van der Waals surface area contributed by atoms with Crippen LogP contribution in [-0.2, 0) is 6.18 Å². The largest absolute Gasteiger partial charge is 0.417 e. The Morgan fingerprint density at radius 1 is 1.31 bits per heavy atom. The summed E-state index contributed by atoms with van der Waals surface area (Å²) in [5.41, 5.74) is 0.845. The number of amides is 1.